The Bertz CT molecular complexity index is 730. The van der Waals surface area contributed by atoms with Crippen LogP contribution in [0, 0.1) is 0 Å². The predicted molar refractivity (Wildman–Crippen MR) is 115 cm³/mol. The molecule has 2 heterocycles. The number of hydrogen-bond acceptors (Lipinski definition) is 3. The lowest BCUT2D eigenvalue weighted by atomic mass is 10.0. The molecule has 0 saturated carbocycles. The first-order chi connectivity index (χ1) is 12.2. The first kappa shape index (κ1) is 20.5. The second kappa shape index (κ2) is 9.80. The van der Waals surface area contributed by atoms with Crippen LogP contribution in [0.5, 0.6) is 5.75 Å². The van der Waals surface area contributed by atoms with Crippen LogP contribution in [0.3, 0.4) is 0 Å². The van der Waals surface area contributed by atoms with Gasteiger partial charge in [0.05, 0.1) is 12.8 Å². The molecule has 142 valence electrons. The number of aliphatic imine (C=N–C) groups is 1. The van der Waals surface area contributed by atoms with E-state index in [9.17, 15) is 0 Å². The van der Waals surface area contributed by atoms with Crippen LogP contribution in [-0.4, -0.2) is 47.4 Å². The number of halogens is 1. The second-order valence-electron chi connectivity index (χ2n) is 6.32. The maximum Gasteiger partial charge on any atom is 0.193 e. The van der Waals surface area contributed by atoms with Crippen molar-refractivity contribution in [3.8, 4) is 5.75 Å². The molecule has 1 fully saturated rings. The number of aryl methyl sites for hydroxylation is 1. The third-order valence-corrected chi connectivity index (χ3v) is 4.61. The van der Waals surface area contributed by atoms with Gasteiger partial charge in [0.2, 0.25) is 0 Å². The number of guanidine groups is 1. The van der Waals surface area contributed by atoms with Crippen molar-refractivity contribution in [1.29, 1.82) is 0 Å². The molecule has 26 heavy (non-hydrogen) atoms. The molecule has 1 aromatic heterocycles. The van der Waals surface area contributed by atoms with Crippen LogP contribution in [-0.2, 0) is 13.6 Å². The van der Waals surface area contributed by atoms with E-state index in [4.69, 9.17) is 4.74 Å². The molecule has 6 nitrogen and oxygen atoms in total. The lowest BCUT2D eigenvalue weighted by Crippen LogP contribution is -2.39. The average Bonchev–Trinajstić information content (AvgIpc) is 3.26. The van der Waals surface area contributed by atoms with Crippen LogP contribution in [0.1, 0.15) is 30.4 Å². The summed E-state index contributed by atoms with van der Waals surface area (Å²) < 4.78 is 7.57. The molecule has 7 heteroatoms. The second-order valence-corrected chi connectivity index (χ2v) is 6.32. The molecule has 1 aliphatic heterocycles. The Morgan fingerprint density at radius 3 is 2.88 bits per heavy atom. The summed E-state index contributed by atoms with van der Waals surface area (Å²) in [5, 5.41) is 7.77. The Labute approximate surface area is 172 Å². The Hall–Kier alpha value is -1.77. The van der Waals surface area contributed by atoms with E-state index in [0.717, 1.165) is 36.8 Å². The van der Waals surface area contributed by atoms with Crippen molar-refractivity contribution in [3.63, 3.8) is 0 Å². The normalized spacial score (nSPS) is 17.1. The predicted octanol–water partition coefficient (Wildman–Crippen LogP) is 3.00. The van der Waals surface area contributed by atoms with E-state index in [-0.39, 0.29) is 24.0 Å². The van der Waals surface area contributed by atoms with Gasteiger partial charge in [-0.25, -0.2) is 0 Å². The number of aromatic nitrogens is 2. The maximum absolute atomic E-state index is 5.70. The topological polar surface area (TPSA) is 54.7 Å². The van der Waals surface area contributed by atoms with Crippen molar-refractivity contribution in [2.24, 2.45) is 12.0 Å². The summed E-state index contributed by atoms with van der Waals surface area (Å²) in [5.74, 6) is 2.39. The third kappa shape index (κ3) is 4.90. The van der Waals surface area contributed by atoms with Crippen molar-refractivity contribution in [2.75, 3.05) is 26.7 Å². The number of rotatable bonds is 5. The van der Waals surface area contributed by atoms with Crippen LogP contribution in [0.25, 0.3) is 0 Å². The highest BCUT2D eigenvalue weighted by Crippen LogP contribution is 2.26. The first-order valence-corrected chi connectivity index (χ1v) is 8.86. The molecular weight excluding hydrogens is 441 g/mol. The standard InChI is InChI=1S/C19H27N5O.HI/c1-4-25-18-8-6-5-7-15(18)11-21-19(20-2)24-10-9-16(14-24)17-12-22-23(3)13-17;/h5-8,12-13,16H,4,9-11,14H2,1-3H3,(H,20,21);1H. The molecule has 1 unspecified atom stereocenters. The molecule has 0 aliphatic carbocycles. The minimum absolute atomic E-state index is 0. The molecule has 1 N–H and O–H groups in total. The fraction of sp³-hybridized carbons (Fsp3) is 0.474. The Morgan fingerprint density at radius 2 is 2.19 bits per heavy atom. The number of hydrogen-bond donors (Lipinski definition) is 1. The molecule has 1 aromatic carbocycles. The van der Waals surface area contributed by atoms with Crippen LogP contribution in [0.4, 0.5) is 0 Å². The van der Waals surface area contributed by atoms with Crippen LogP contribution in [0.2, 0.25) is 0 Å². The first-order valence-electron chi connectivity index (χ1n) is 8.86. The molecule has 1 saturated heterocycles. The van der Waals surface area contributed by atoms with Gasteiger partial charge >= 0.3 is 0 Å². The monoisotopic (exact) mass is 469 g/mol. The van der Waals surface area contributed by atoms with E-state index in [1.54, 1.807) is 0 Å². The lowest BCUT2D eigenvalue weighted by Gasteiger charge is -2.22. The molecule has 3 rings (SSSR count). The van der Waals surface area contributed by atoms with Crippen molar-refractivity contribution >= 4 is 29.9 Å². The highest BCUT2D eigenvalue weighted by molar-refractivity contribution is 14.0. The summed E-state index contributed by atoms with van der Waals surface area (Å²) in [4.78, 5) is 6.78. The van der Waals surface area contributed by atoms with Gasteiger partial charge in [-0.15, -0.1) is 24.0 Å². The Balaban J connectivity index is 0.00000243. The molecule has 0 amide bonds. The summed E-state index contributed by atoms with van der Waals surface area (Å²) in [6.45, 7) is 5.36. The number of ether oxygens (including phenoxy) is 1. The van der Waals surface area contributed by atoms with Crippen molar-refractivity contribution < 1.29 is 4.74 Å². The molecule has 0 spiro atoms. The molecular formula is C19H28IN5O. The average molecular weight is 469 g/mol. The largest absolute Gasteiger partial charge is 0.494 e. The van der Waals surface area contributed by atoms with Crippen molar-refractivity contribution in [3.05, 3.63) is 47.8 Å². The van der Waals surface area contributed by atoms with E-state index < -0.39 is 0 Å². The number of nitrogens with one attached hydrogen (secondary N) is 1. The van der Waals surface area contributed by atoms with Gasteiger partial charge in [0.25, 0.3) is 0 Å². The third-order valence-electron chi connectivity index (χ3n) is 4.61. The van der Waals surface area contributed by atoms with E-state index in [1.807, 2.05) is 50.1 Å². The van der Waals surface area contributed by atoms with Crippen molar-refractivity contribution in [1.82, 2.24) is 20.0 Å². The minimum atomic E-state index is 0. The number of likely N-dealkylation sites (tertiary alicyclic amines) is 1. The van der Waals surface area contributed by atoms with Gasteiger partial charge < -0.3 is 15.0 Å². The van der Waals surface area contributed by atoms with Crippen molar-refractivity contribution in [2.45, 2.75) is 25.8 Å². The van der Waals surface area contributed by atoms with Gasteiger partial charge in [0, 0.05) is 51.4 Å². The summed E-state index contributed by atoms with van der Waals surface area (Å²) in [5.41, 5.74) is 2.45. The van der Waals surface area contributed by atoms with Crippen LogP contribution >= 0.6 is 24.0 Å². The van der Waals surface area contributed by atoms with Gasteiger partial charge in [-0.05, 0) is 25.0 Å². The summed E-state index contributed by atoms with van der Waals surface area (Å²) >= 11 is 0. The maximum atomic E-state index is 5.70. The SMILES string of the molecule is CCOc1ccccc1CNC(=NC)N1CCC(c2cnn(C)c2)C1.I. The highest BCUT2D eigenvalue weighted by Gasteiger charge is 2.26. The van der Waals surface area contributed by atoms with E-state index in [2.05, 4.69) is 32.6 Å². The molecule has 0 bridgehead atoms. The Kier molecular flexibility index (Phi) is 7.74. The zero-order chi connectivity index (χ0) is 17.6. The van der Waals surface area contributed by atoms with Gasteiger partial charge in [-0.1, -0.05) is 18.2 Å². The van der Waals surface area contributed by atoms with E-state index in [0.29, 0.717) is 19.1 Å². The smallest absolute Gasteiger partial charge is 0.193 e. The quantitative estimate of drug-likeness (QED) is 0.416. The van der Waals surface area contributed by atoms with E-state index in [1.165, 1.54) is 5.56 Å². The minimum Gasteiger partial charge on any atom is -0.494 e. The Morgan fingerprint density at radius 1 is 1.38 bits per heavy atom. The zero-order valence-corrected chi connectivity index (χ0v) is 18.0. The fourth-order valence-electron chi connectivity index (χ4n) is 3.33. The van der Waals surface area contributed by atoms with Crippen LogP contribution in [0.15, 0.2) is 41.7 Å². The summed E-state index contributed by atoms with van der Waals surface area (Å²) in [6, 6.07) is 8.14. The molecule has 2 aromatic rings. The van der Waals surface area contributed by atoms with Gasteiger partial charge in [0.1, 0.15) is 5.75 Å². The number of nitrogens with zero attached hydrogens (tertiary/aromatic N) is 4. The van der Waals surface area contributed by atoms with Gasteiger partial charge in [0.15, 0.2) is 5.96 Å². The molecule has 1 atom stereocenters. The molecule has 0 radical (unpaired) electrons. The van der Waals surface area contributed by atoms with E-state index >= 15 is 0 Å². The summed E-state index contributed by atoms with van der Waals surface area (Å²) in [7, 11) is 3.81. The van der Waals surface area contributed by atoms with Gasteiger partial charge in [-0.2, -0.15) is 5.10 Å². The zero-order valence-electron chi connectivity index (χ0n) is 15.7. The number of benzene rings is 1. The lowest BCUT2D eigenvalue weighted by molar-refractivity contribution is 0.336. The summed E-state index contributed by atoms with van der Waals surface area (Å²) in [6.07, 6.45) is 5.22. The van der Waals surface area contributed by atoms with Gasteiger partial charge in [-0.3, -0.25) is 9.67 Å². The number of para-hydroxylation sites is 1. The van der Waals surface area contributed by atoms with Crippen LogP contribution < -0.4 is 10.1 Å². The molecule has 1 aliphatic rings. The fourth-order valence-corrected chi connectivity index (χ4v) is 3.33. The highest BCUT2D eigenvalue weighted by atomic mass is 127.